The number of carboxylic acids is 1. The number of carboxylic acid groups (broad SMARTS) is 1. The fourth-order valence-corrected chi connectivity index (χ4v) is 1.29. The number of benzene rings is 1. The molecule has 0 aliphatic rings. The maximum absolute atomic E-state index is 10.8. The van der Waals surface area contributed by atoms with Crippen LogP contribution in [0.3, 0.4) is 0 Å². The first-order valence-corrected chi connectivity index (χ1v) is 4.88. The van der Waals surface area contributed by atoms with Crippen LogP contribution in [0.25, 0.3) is 11.4 Å². The molecule has 0 radical (unpaired) electrons. The number of aliphatic carboxylic acids is 1. The minimum Gasteiger partial charge on any atom is -0.480 e. The largest absolute Gasteiger partial charge is 0.480 e. The first-order chi connectivity index (χ1) is 7.68. The van der Waals surface area contributed by atoms with Crippen molar-refractivity contribution in [2.75, 3.05) is 0 Å². The van der Waals surface area contributed by atoms with E-state index in [1.807, 2.05) is 30.3 Å². The van der Waals surface area contributed by atoms with Crippen molar-refractivity contribution >= 4 is 5.97 Å². The van der Waals surface area contributed by atoms with Gasteiger partial charge < -0.3 is 5.11 Å². The van der Waals surface area contributed by atoms with Crippen LogP contribution in [0.4, 0.5) is 0 Å². The van der Waals surface area contributed by atoms with Crippen molar-refractivity contribution in [3.63, 3.8) is 0 Å². The zero-order valence-corrected chi connectivity index (χ0v) is 8.74. The molecule has 0 bridgehead atoms. The van der Waals surface area contributed by atoms with Crippen LogP contribution in [-0.2, 0) is 4.79 Å². The van der Waals surface area contributed by atoms with Gasteiger partial charge in [0.15, 0.2) is 5.82 Å². The summed E-state index contributed by atoms with van der Waals surface area (Å²) >= 11 is 0. The number of rotatable bonds is 3. The van der Waals surface area contributed by atoms with Crippen molar-refractivity contribution in [1.82, 2.24) is 14.8 Å². The topological polar surface area (TPSA) is 68.0 Å². The van der Waals surface area contributed by atoms with E-state index in [-0.39, 0.29) is 0 Å². The average molecular weight is 217 g/mol. The van der Waals surface area contributed by atoms with Gasteiger partial charge in [0.05, 0.1) is 0 Å². The van der Waals surface area contributed by atoms with Crippen LogP contribution in [0.15, 0.2) is 36.7 Å². The SMILES string of the molecule is CC(C(=O)O)n1cnc(-c2ccccc2)n1. The maximum Gasteiger partial charge on any atom is 0.328 e. The van der Waals surface area contributed by atoms with Crippen LogP contribution in [0.5, 0.6) is 0 Å². The third-order valence-electron chi connectivity index (χ3n) is 2.29. The Morgan fingerprint density at radius 2 is 2.06 bits per heavy atom. The molecule has 1 N–H and O–H groups in total. The number of hydrogen-bond acceptors (Lipinski definition) is 3. The van der Waals surface area contributed by atoms with E-state index < -0.39 is 12.0 Å². The molecule has 0 amide bonds. The van der Waals surface area contributed by atoms with Crippen LogP contribution < -0.4 is 0 Å². The van der Waals surface area contributed by atoms with Crippen LogP contribution in [0.1, 0.15) is 13.0 Å². The first-order valence-electron chi connectivity index (χ1n) is 4.88. The lowest BCUT2D eigenvalue weighted by molar-refractivity contribution is -0.140. The van der Waals surface area contributed by atoms with E-state index in [1.54, 1.807) is 6.92 Å². The molecule has 1 aromatic carbocycles. The molecule has 82 valence electrons. The highest BCUT2D eigenvalue weighted by molar-refractivity contribution is 5.71. The minimum absolute atomic E-state index is 0.536. The molecule has 1 unspecified atom stereocenters. The van der Waals surface area contributed by atoms with E-state index in [2.05, 4.69) is 10.1 Å². The minimum atomic E-state index is -0.926. The van der Waals surface area contributed by atoms with Crippen LogP contribution in [0.2, 0.25) is 0 Å². The van der Waals surface area contributed by atoms with E-state index in [0.29, 0.717) is 5.82 Å². The van der Waals surface area contributed by atoms with Crippen LogP contribution in [0, 0.1) is 0 Å². The Labute approximate surface area is 92.4 Å². The Morgan fingerprint density at radius 3 is 2.69 bits per heavy atom. The van der Waals surface area contributed by atoms with Crippen LogP contribution in [-0.4, -0.2) is 25.8 Å². The number of nitrogens with zero attached hydrogens (tertiary/aromatic N) is 3. The van der Waals surface area contributed by atoms with Gasteiger partial charge in [0.1, 0.15) is 12.4 Å². The molecule has 0 saturated heterocycles. The van der Waals surface area contributed by atoms with Crippen molar-refractivity contribution < 1.29 is 9.90 Å². The van der Waals surface area contributed by atoms with Gasteiger partial charge in [-0.15, -0.1) is 0 Å². The van der Waals surface area contributed by atoms with E-state index in [4.69, 9.17) is 5.11 Å². The Hall–Kier alpha value is -2.17. The first kappa shape index (κ1) is 10.4. The van der Waals surface area contributed by atoms with Gasteiger partial charge in [-0.3, -0.25) is 0 Å². The average Bonchev–Trinajstić information content (AvgIpc) is 2.78. The molecule has 0 saturated carbocycles. The Balaban J connectivity index is 2.30. The highest BCUT2D eigenvalue weighted by Crippen LogP contribution is 2.14. The van der Waals surface area contributed by atoms with Gasteiger partial charge in [-0.05, 0) is 6.92 Å². The quantitative estimate of drug-likeness (QED) is 0.847. The molecule has 1 aromatic heterocycles. The Morgan fingerprint density at radius 1 is 1.38 bits per heavy atom. The third-order valence-corrected chi connectivity index (χ3v) is 2.29. The molecule has 2 aromatic rings. The predicted octanol–water partition coefficient (Wildman–Crippen LogP) is 1.59. The van der Waals surface area contributed by atoms with E-state index >= 15 is 0 Å². The molecule has 0 spiro atoms. The van der Waals surface area contributed by atoms with Gasteiger partial charge in [0.25, 0.3) is 0 Å². The summed E-state index contributed by atoms with van der Waals surface area (Å²) in [6.07, 6.45) is 1.43. The zero-order valence-electron chi connectivity index (χ0n) is 8.74. The second-order valence-electron chi connectivity index (χ2n) is 3.43. The monoisotopic (exact) mass is 217 g/mol. The molecule has 1 heterocycles. The van der Waals surface area contributed by atoms with Crippen molar-refractivity contribution in [3.8, 4) is 11.4 Å². The molecule has 0 aliphatic carbocycles. The van der Waals surface area contributed by atoms with E-state index in [1.165, 1.54) is 11.0 Å². The Bertz CT molecular complexity index is 493. The van der Waals surface area contributed by atoms with Gasteiger partial charge in [0, 0.05) is 5.56 Å². The van der Waals surface area contributed by atoms with Gasteiger partial charge in [-0.1, -0.05) is 30.3 Å². The number of aromatic nitrogens is 3. The third kappa shape index (κ3) is 1.93. The smallest absolute Gasteiger partial charge is 0.328 e. The summed E-state index contributed by atoms with van der Waals surface area (Å²) in [6, 6.07) is 8.73. The molecule has 0 fully saturated rings. The van der Waals surface area contributed by atoms with Gasteiger partial charge in [-0.25, -0.2) is 14.5 Å². The predicted molar refractivity (Wildman–Crippen MR) is 57.8 cm³/mol. The number of carbonyl (C=O) groups is 1. The fourth-order valence-electron chi connectivity index (χ4n) is 1.29. The molecule has 5 heteroatoms. The number of hydrogen-bond donors (Lipinski definition) is 1. The van der Waals surface area contributed by atoms with Crippen molar-refractivity contribution in [2.45, 2.75) is 13.0 Å². The second kappa shape index (κ2) is 4.14. The summed E-state index contributed by atoms with van der Waals surface area (Å²) in [4.78, 5) is 14.8. The molecule has 1 atom stereocenters. The molecule has 0 aliphatic heterocycles. The summed E-state index contributed by atoms with van der Waals surface area (Å²) in [6.45, 7) is 1.56. The van der Waals surface area contributed by atoms with Crippen molar-refractivity contribution in [2.24, 2.45) is 0 Å². The molecule has 2 rings (SSSR count). The summed E-state index contributed by atoms with van der Waals surface area (Å²) in [5.41, 5.74) is 0.874. The fraction of sp³-hybridized carbons (Fsp3) is 0.182. The highest BCUT2D eigenvalue weighted by atomic mass is 16.4. The van der Waals surface area contributed by atoms with Crippen LogP contribution >= 0.6 is 0 Å². The van der Waals surface area contributed by atoms with E-state index in [0.717, 1.165) is 5.56 Å². The maximum atomic E-state index is 10.8. The van der Waals surface area contributed by atoms with Gasteiger partial charge in [-0.2, -0.15) is 5.10 Å². The lowest BCUT2D eigenvalue weighted by Gasteiger charge is -2.04. The van der Waals surface area contributed by atoms with Crippen molar-refractivity contribution in [1.29, 1.82) is 0 Å². The summed E-state index contributed by atoms with van der Waals surface area (Å²) < 4.78 is 1.34. The van der Waals surface area contributed by atoms with Gasteiger partial charge >= 0.3 is 5.97 Å². The Kier molecular flexibility index (Phi) is 2.68. The van der Waals surface area contributed by atoms with Crippen molar-refractivity contribution in [3.05, 3.63) is 36.7 Å². The standard InChI is InChI=1S/C11H11N3O2/c1-8(11(15)16)14-7-12-10(13-14)9-5-3-2-4-6-9/h2-8H,1H3,(H,15,16). The molecular weight excluding hydrogens is 206 g/mol. The molecule has 16 heavy (non-hydrogen) atoms. The second-order valence-corrected chi connectivity index (χ2v) is 3.43. The normalized spacial score (nSPS) is 12.3. The molecule has 5 nitrogen and oxygen atoms in total. The summed E-state index contributed by atoms with van der Waals surface area (Å²) in [7, 11) is 0. The summed E-state index contributed by atoms with van der Waals surface area (Å²) in [5, 5.41) is 13.0. The summed E-state index contributed by atoms with van der Waals surface area (Å²) in [5.74, 6) is -0.391. The lowest BCUT2D eigenvalue weighted by atomic mass is 10.2. The van der Waals surface area contributed by atoms with Gasteiger partial charge in [0.2, 0.25) is 0 Å². The zero-order chi connectivity index (χ0) is 11.5. The molecular formula is C11H11N3O2. The van der Waals surface area contributed by atoms with E-state index in [9.17, 15) is 4.79 Å². The highest BCUT2D eigenvalue weighted by Gasteiger charge is 2.15. The lowest BCUT2D eigenvalue weighted by Crippen LogP contribution is -2.15.